The summed E-state index contributed by atoms with van der Waals surface area (Å²) in [7, 11) is 0. The minimum Gasteiger partial charge on any atom is -0.307 e. The molecule has 1 heterocycles. The fourth-order valence-corrected chi connectivity index (χ4v) is 4.22. The summed E-state index contributed by atoms with van der Waals surface area (Å²) in [5.74, 6) is 1.90. The Balaban J connectivity index is 1.51. The summed E-state index contributed by atoms with van der Waals surface area (Å²) in [5.41, 5.74) is 1.86. The molecule has 0 spiro atoms. The smallest absolute Gasteiger partial charge is 0.0450 e. The molecule has 21 heavy (non-hydrogen) atoms. The Morgan fingerprint density at radius 2 is 1.90 bits per heavy atom. The van der Waals surface area contributed by atoms with Crippen molar-refractivity contribution in [2.45, 2.75) is 50.6 Å². The van der Waals surface area contributed by atoms with E-state index in [1.165, 1.54) is 50.8 Å². The highest BCUT2D eigenvalue weighted by Crippen LogP contribution is 2.46. The Morgan fingerprint density at radius 1 is 1.14 bits per heavy atom. The average molecular weight is 284 g/mol. The van der Waals surface area contributed by atoms with Crippen LogP contribution in [0.4, 0.5) is 0 Å². The summed E-state index contributed by atoms with van der Waals surface area (Å²) < 4.78 is 0. The van der Waals surface area contributed by atoms with Crippen molar-refractivity contribution in [2.75, 3.05) is 19.6 Å². The molecule has 1 aromatic rings. The second kappa shape index (κ2) is 5.40. The lowest BCUT2D eigenvalue weighted by Crippen LogP contribution is -2.62. The largest absolute Gasteiger partial charge is 0.307 e. The van der Waals surface area contributed by atoms with Gasteiger partial charge in [-0.1, -0.05) is 36.8 Å². The van der Waals surface area contributed by atoms with E-state index in [4.69, 9.17) is 0 Å². The highest BCUT2D eigenvalue weighted by atomic mass is 15.3. The molecule has 2 saturated carbocycles. The summed E-state index contributed by atoms with van der Waals surface area (Å²) in [6.45, 7) is 6.19. The zero-order valence-electron chi connectivity index (χ0n) is 13.2. The van der Waals surface area contributed by atoms with Gasteiger partial charge < -0.3 is 5.32 Å². The summed E-state index contributed by atoms with van der Waals surface area (Å²) >= 11 is 0. The number of piperazine rings is 1. The first-order valence-electron chi connectivity index (χ1n) is 8.79. The molecule has 2 nitrogen and oxygen atoms in total. The molecule has 2 heteroatoms. The van der Waals surface area contributed by atoms with Gasteiger partial charge in [0.1, 0.15) is 0 Å². The second-order valence-electron chi connectivity index (χ2n) is 7.68. The van der Waals surface area contributed by atoms with Crippen molar-refractivity contribution < 1.29 is 0 Å². The Bertz CT molecular complexity index is 478. The number of nitrogens with zero attached hydrogens (tertiary/aromatic N) is 1. The van der Waals surface area contributed by atoms with Crippen LogP contribution in [-0.2, 0) is 0 Å². The SMILES string of the molecule is CC1(C2CC2)CNC(c2ccccc2)CN1CC1CCC1. The Kier molecular flexibility index (Phi) is 3.55. The van der Waals surface area contributed by atoms with Crippen LogP contribution in [0.3, 0.4) is 0 Å². The fourth-order valence-electron chi connectivity index (χ4n) is 4.22. The Hall–Kier alpha value is -0.860. The molecule has 3 aliphatic rings. The zero-order chi connectivity index (χ0) is 14.3. The van der Waals surface area contributed by atoms with Gasteiger partial charge in [0.2, 0.25) is 0 Å². The van der Waals surface area contributed by atoms with Crippen molar-refractivity contribution in [1.29, 1.82) is 0 Å². The van der Waals surface area contributed by atoms with Gasteiger partial charge >= 0.3 is 0 Å². The first-order chi connectivity index (χ1) is 10.3. The van der Waals surface area contributed by atoms with Gasteiger partial charge in [0.15, 0.2) is 0 Å². The third-order valence-electron chi connectivity index (χ3n) is 6.19. The molecule has 1 N–H and O–H groups in total. The van der Waals surface area contributed by atoms with E-state index in [2.05, 4.69) is 47.5 Å². The molecule has 114 valence electrons. The van der Waals surface area contributed by atoms with Gasteiger partial charge in [-0.25, -0.2) is 0 Å². The lowest BCUT2D eigenvalue weighted by Gasteiger charge is -2.51. The van der Waals surface area contributed by atoms with Crippen LogP contribution in [-0.4, -0.2) is 30.1 Å². The van der Waals surface area contributed by atoms with E-state index in [0.717, 1.165) is 18.4 Å². The molecular weight excluding hydrogens is 256 g/mol. The van der Waals surface area contributed by atoms with Crippen LogP contribution in [0.2, 0.25) is 0 Å². The maximum absolute atomic E-state index is 3.84. The van der Waals surface area contributed by atoms with Crippen LogP contribution in [0.15, 0.2) is 30.3 Å². The molecule has 1 saturated heterocycles. The molecule has 0 bridgehead atoms. The molecule has 2 atom stereocenters. The quantitative estimate of drug-likeness (QED) is 0.909. The van der Waals surface area contributed by atoms with Crippen molar-refractivity contribution in [1.82, 2.24) is 10.2 Å². The van der Waals surface area contributed by atoms with Gasteiger partial charge in [0.05, 0.1) is 0 Å². The van der Waals surface area contributed by atoms with E-state index < -0.39 is 0 Å². The molecule has 0 aromatic heterocycles. The number of rotatable bonds is 4. The Morgan fingerprint density at radius 3 is 2.52 bits per heavy atom. The van der Waals surface area contributed by atoms with E-state index in [-0.39, 0.29) is 0 Å². The van der Waals surface area contributed by atoms with Gasteiger partial charge in [-0.2, -0.15) is 0 Å². The monoisotopic (exact) mass is 284 g/mol. The fraction of sp³-hybridized carbons (Fsp3) is 0.684. The van der Waals surface area contributed by atoms with Crippen molar-refractivity contribution >= 4 is 0 Å². The van der Waals surface area contributed by atoms with Crippen molar-refractivity contribution in [3.8, 4) is 0 Å². The first kappa shape index (κ1) is 13.8. The lowest BCUT2D eigenvalue weighted by atomic mass is 9.81. The standard InChI is InChI=1S/C19H28N2/c1-19(17-10-11-17)14-20-18(16-8-3-2-4-9-16)13-21(19)12-15-6-5-7-15/h2-4,8-9,15,17-18,20H,5-7,10-14H2,1H3. The average Bonchev–Trinajstić information content (AvgIpc) is 3.30. The van der Waals surface area contributed by atoms with E-state index in [0.29, 0.717) is 11.6 Å². The van der Waals surface area contributed by atoms with Crippen LogP contribution >= 0.6 is 0 Å². The molecule has 3 fully saturated rings. The highest BCUT2D eigenvalue weighted by Gasteiger charge is 2.48. The van der Waals surface area contributed by atoms with Gasteiger partial charge in [-0.3, -0.25) is 4.90 Å². The summed E-state index contributed by atoms with van der Waals surface area (Å²) in [5, 5.41) is 3.84. The van der Waals surface area contributed by atoms with Crippen LogP contribution in [0, 0.1) is 11.8 Å². The van der Waals surface area contributed by atoms with Crippen LogP contribution in [0.5, 0.6) is 0 Å². The zero-order valence-corrected chi connectivity index (χ0v) is 13.2. The number of benzene rings is 1. The highest BCUT2D eigenvalue weighted by molar-refractivity contribution is 5.21. The van der Waals surface area contributed by atoms with Crippen molar-refractivity contribution in [2.24, 2.45) is 11.8 Å². The third kappa shape index (κ3) is 2.64. The second-order valence-corrected chi connectivity index (χ2v) is 7.68. The molecule has 1 aliphatic heterocycles. The van der Waals surface area contributed by atoms with Crippen LogP contribution < -0.4 is 5.32 Å². The molecule has 4 rings (SSSR count). The summed E-state index contributed by atoms with van der Waals surface area (Å²) in [4.78, 5) is 2.85. The molecule has 0 radical (unpaired) electrons. The number of hydrogen-bond donors (Lipinski definition) is 1. The molecule has 0 amide bonds. The topological polar surface area (TPSA) is 15.3 Å². The first-order valence-corrected chi connectivity index (χ1v) is 8.79. The molecule has 1 aromatic carbocycles. The lowest BCUT2D eigenvalue weighted by molar-refractivity contribution is 0.0105. The van der Waals surface area contributed by atoms with Gasteiger partial charge in [0.25, 0.3) is 0 Å². The minimum atomic E-state index is 0.404. The van der Waals surface area contributed by atoms with Crippen molar-refractivity contribution in [3.63, 3.8) is 0 Å². The van der Waals surface area contributed by atoms with Crippen LogP contribution in [0.1, 0.15) is 50.6 Å². The molecule has 2 aliphatic carbocycles. The predicted octanol–water partition coefficient (Wildman–Crippen LogP) is 3.60. The van der Waals surface area contributed by atoms with E-state index >= 15 is 0 Å². The molecule has 2 unspecified atom stereocenters. The number of hydrogen-bond acceptors (Lipinski definition) is 2. The summed E-state index contributed by atoms with van der Waals surface area (Å²) in [6.07, 6.45) is 7.26. The summed E-state index contributed by atoms with van der Waals surface area (Å²) in [6, 6.07) is 11.5. The van der Waals surface area contributed by atoms with E-state index in [1.807, 2.05) is 0 Å². The van der Waals surface area contributed by atoms with E-state index in [1.54, 1.807) is 0 Å². The van der Waals surface area contributed by atoms with E-state index in [9.17, 15) is 0 Å². The third-order valence-corrected chi connectivity index (χ3v) is 6.19. The number of nitrogens with one attached hydrogen (secondary N) is 1. The predicted molar refractivity (Wildman–Crippen MR) is 87.2 cm³/mol. The van der Waals surface area contributed by atoms with Gasteiger partial charge in [-0.15, -0.1) is 0 Å². The Labute approximate surface area is 128 Å². The van der Waals surface area contributed by atoms with Crippen LogP contribution in [0.25, 0.3) is 0 Å². The normalized spacial score (nSPS) is 34.6. The van der Waals surface area contributed by atoms with Crippen molar-refractivity contribution in [3.05, 3.63) is 35.9 Å². The maximum Gasteiger partial charge on any atom is 0.0450 e. The minimum absolute atomic E-state index is 0.404. The van der Waals surface area contributed by atoms with Gasteiger partial charge in [0, 0.05) is 31.2 Å². The molecular formula is C19H28N2. The maximum atomic E-state index is 3.84. The van der Waals surface area contributed by atoms with Gasteiger partial charge in [-0.05, 0) is 50.0 Å².